The summed E-state index contributed by atoms with van der Waals surface area (Å²) < 4.78 is 0. The van der Waals surface area contributed by atoms with Gasteiger partial charge in [-0.25, -0.2) is 4.79 Å². The number of hydrogen-bond donors (Lipinski definition) is 2. The van der Waals surface area contributed by atoms with Gasteiger partial charge in [0.25, 0.3) is 0 Å². The summed E-state index contributed by atoms with van der Waals surface area (Å²) in [5.41, 5.74) is 0. The molecule has 0 spiro atoms. The molecule has 6 nitrogen and oxygen atoms in total. The number of piperidine rings is 1. The lowest BCUT2D eigenvalue weighted by Crippen LogP contribution is -2.35. The van der Waals surface area contributed by atoms with Crippen LogP contribution in [0.2, 0.25) is 0 Å². The summed E-state index contributed by atoms with van der Waals surface area (Å²) in [6.07, 6.45) is 5.17. The molecule has 0 radical (unpaired) electrons. The first-order chi connectivity index (χ1) is 9.70. The number of halogens is 1. The summed E-state index contributed by atoms with van der Waals surface area (Å²) in [6.45, 7) is 4.23. The van der Waals surface area contributed by atoms with Crippen molar-refractivity contribution in [2.24, 2.45) is 5.92 Å². The summed E-state index contributed by atoms with van der Waals surface area (Å²) >= 11 is 0. The number of nitrogens with one attached hydrogen (secondary N) is 1. The van der Waals surface area contributed by atoms with Crippen molar-refractivity contribution in [3.8, 4) is 0 Å². The van der Waals surface area contributed by atoms with Gasteiger partial charge in [0.2, 0.25) is 5.91 Å². The van der Waals surface area contributed by atoms with E-state index in [4.69, 9.17) is 5.11 Å². The van der Waals surface area contributed by atoms with Gasteiger partial charge in [-0.1, -0.05) is 0 Å². The maximum atomic E-state index is 11.4. The predicted molar refractivity (Wildman–Crippen MR) is 82.5 cm³/mol. The summed E-state index contributed by atoms with van der Waals surface area (Å²) in [4.78, 5) is 26.5. The quantitative estimate of drug-likeness (QED) is 0.538. The van der Waals surface area contributed by atoms with E-state index in [1.165, 1.54) is 17.7 Å². The first-order valence-corrected chi connectivity index (χ1v) is 7.62. The first-order valence-electron chi connectivity index (χ1n) is 7.62. The summed E-state index contributed by atoms with van der Waals surface area (Å²) in [7, 11) is 0. The van der Waals surface area contributed by atoms with Crippen LogP contribution in [-0.4, -0.2) is 66.2 Å². The Morgan fingerprint density at radius 1 is 1.14 bits per heavy atom. The lowest BCUT2D eigenvalue weighted by Gasteiger charge is -2.31. The Kier molecular flexibility index (Phi) is 8.00. The molecule has 0 saturated carbocycles. The van der Waals surface area contributed by atoms with Crippen LogP contribution in [-0.2, 0) is 4.79 Å². The van der Waals surface area contributed by atoms with E-state index in [-0.39, 0.29) is 30.9 Å². The second-order valence-electron chi connectivity index (χ2n) is 5.71. The van der Waals surface area contributed by atoms with Crippen LogP contribution in [0.1, 0.15) is 32.1 Å². The molecular formula is C14H26ClN3O3. The van der Waals surface area contributed by atoms with Gasteiger partial charge in [0, 0.05) is 13.2 Å². The van der Waals surface area contributed by atoms with E-state index in [0.717, 1.165) is 38.9 Å². The molecule has 2 rings (SSSR count). The highest BCUT2D eigenvalue weighted by atomic mass is 35.5. The van der Waals surface area contributed by atoms with Crippen LogP contribution in [0.15, 0.2) is 0 Å². The maximum Gasteiger partial charge on any atom is 0.324 e. The zero-order valence-electron chi connectivity index (χ0n) is 12.4. The Morgan fingerprint density at radius 3 is 2.38 bits per heavy atom. The van der Waals surface area contributed by atoms with Gasteiger partial charge in [0.15, 0.2) is 0 Å². The lowest BCUT2D eigenvalue weighted by molar-refractivity contribution is -0.125. The zero-order chi connectivity index (χ0) is 14.4. The number of nitrogens with zero attached hydrogens (tertiary/aromatic N) is 2. The van der Waals surface area contributed by atoms with Crippen molar-refractivity contribution in [3.05, 3.63) is 0 Å². The number of amides is 3. The number of carbonyl (C=O) groups is 2. The fourth-order valence-electron chi connectivity index (χ4n) is 2.97. The van der Waals surface area contributed by atoms with E-state index in [1.54, 1.807) is 0 Å². The van der Waals surface area contributed by atoms with Crippen LogP contribution >= 0.6 is 12.4 Å². The van der Waals surface area contributed by atoms with Gasteiger partial charge in [-0.2, -0.15) is 0 Å². The molecule has 2 aliphatic heterocycles. The number of rotatable bonds is 7. The third kappa shape index (κ3) is 5.45. The molecule has 0 aromatic rings. The summed E-state index contributed by atoms with van der Waals surface area (Å²) in [6, 6.07) is -0.250. The van der Waals surface area contributed by atoms with Crippen molar-refractivity contribution in [1.82, 2.24) is 15.1 Å². The maximum absolute atomic E-state index is 11.4. The van der Waals surface area contributed by atoms with Gasteiger partial charge in [-0.05, 0) is 57.7 Å². The number of unbranched alkanes of at least 4 members (excludes halogenated alkanes) is 1. The van der Waals surface area contributed by atoms with Gasteiger partial charge in [0.05, 0.1) is 6.54 Å². The average Bonchev–Trinajstić information content (AvgIpc) is 2.77. The number of likely N-dealkylation sites (tertiary alicyclic amines) is 1. The van der Waals surface area contributed by atoms with Gasteiger partial charge in [0.1, 0.15) is 0 Å². The van der Waals surface area contributed by atoms with Crippen LogP contribution in [0.3, 0.4) is 0 Å². The normalized spacial score (nSPS) is 20.5. The first kappa shape index (κ1) is 18.2. The Labute approximate surface area is 132 Å². The number of aliphatic hydroxyl groups excluding tert-OH is 1. The second-order valence-corrected chi connectivity index (χ2v) is 5.71. The Balaban J connectivity index is 0.00000220. The molecule has 0 aromatic heterocycles. The Hall–Kier alpha value is -0.850. The minimum absolute atomic E-state index is 0. The average molecular weight is 320 g/mol. The van der Waals surface area contributed by atoms with Crippen molar-refractivity contribution in [2.45, 2.75) is 32.1 Å². The van der Waals surface area contributed by atoms with E-state index in [1.807, 2.05) is 0 Å². The van der Waals surface area contributed by atoms with E-state index < -0.39 is 0 Å². The van der Waals surface area contributed by atoms with Crippen LogP contribution in [0.5, 0.6) is 0 Å². The number of carbonyl (C=O) groups excluding carboxylic acids is 2. The highest BCUT2D eigenvalue weighted by molar-refractivity contribution is 6.01. The standard InChI is InChI=1S/C14H25N3O3.ClH/c18-10-5-12-3-8-16(9-4-12)6-1-2-7-17-13(19)11-15-14(17)20;/h12,18H,1-11H2,(H,15,20);1H. The van der Waals surface area contributed by atoms with E-state index in [2.05, 4.69) is 10.2 Å². The minimum Gasteiger partial charge on any atom is -0.396 e. The molecule has 2 saturated heterocycles. The molecule has 0 unspecified atom stereocenters. The molecule has 2 heterocycles. The molecule has 2 aliphatic rings. The van der Waals surface area contributed by atoms with Crippen molar-refractivity contribution in [3.63, 3.8) is 0 Å². The smallest absolute Gasteiger partial charge is 0.324 e. The Morgan fingerprint density at radius 2 is 1.81 bits per heavy atom. The SMILES string of the molecule is Cl.O=C1CNC(=O)N1CCCCN1CCC(CCO)CC1. The van der Waals surface area contributed by atoms with Crippen molar-refractivity contribution in [2.75, 3.05) is 39.3 Å². The molecule has 122 valence electrons. The van der Waals surface area contributed by atoms with Gasteiger partial charge in [-0.3, -0.25) is 9.69 Å². The number of hydrogen-bond acceptors (Lipinski definition) is 4. The molecule has 21 heavy (non-hydrogen) atoms. The molecule has 2 N–H and O–H groups in total. The van der Waals surface area contributed by atoms with E-state index in [0.29, 0.717) is 19.1 Å². The molecule has 7 heteroatoms. The highest BCUT2D eigenvalue weighted by Gasteiger charge is 2.27. The molecule has 0 aliphatic carbocycles. The number of urea groups is 1. The van der Waals surface area contributed by atoms with Gasteiger partial charge < -0.3 is 15.3 Å². The van der Waals surface area contributed by atoms with E-state index in [9.17, 15) is 9.59 Å². The fourth-order valence-corrected chi connectivity index (χ4v) is 2.97. The zero-order valence-corrected chi connectivity index (χ0v) is 13.2. The van der Waals surface area contributed by atoms with Gasteiger partial charge >= 0.3 is 6.03 Å². The second kappa shape index (κ2) is 9.23. The van der Waals surface area contributed by atoms with Crippen LogP contribution in [0.4, 0.5) is 4.79 Å². The van der Waals surface area contributed by atoms with Crippen molar-refractivity contribution >= 4 is 24.3 Å². The largest absolute Gasteiger partial charge is 0.396 e. The molecule has 0 bridgehead atoms. The molecule has 0 aromatic carbocycles. The predicted octanol–water partition coefficient (Wildman–Crippen LogP) is 0.835. The topological polar surface area (TPSA) is 72.9 Å². The monoisotopic (exact) mass is 319 g/mol. The van der Waals surface area contributed by atoms with Crippen molar-refractivity contribution < 1.29 is 14.7 Å². The van der Waals surface area contributed by atoms with Crippen LogP contribution < -0.4 is 5.32 Å². The van der Waals surface area contributed by atoms with E-state index >= 15 is 0 Å². The number of imide groups is 1. The van der Waals surface area contributed by atoms with Gasteiger partial charge in [-0.15, -0.1) is 12.4 Å². The molecular weight excluding hydrogens is 294 g/mol. The van der Waals surface area contributed by atoms with Crippen LogP contribution in [0, 0.1) is 5.92 Å². The third-order valence-electron chi connectivity index (χ3n) is 4.29. The molecule has 2 fully saturated rings. The fraction of sp³-hybridized carbons (Fsp3) is 0.857. The Bertz CT molecular complexity index is 330. The number of aliphatic hydroxyl groups is 1. The van der Waals surface area contributed by atoms with Crippen LogP contribution in [0.25, 0.3) is 0 Å². The molecule has 0 atom stereocenters. The lowest BCUT2D eigenvalue weighted by atomic mass is 9.94. The summed E-state index contributed by atoms with van der Waals surface area (Å²) in [5.74, 6) is 0.571. The summed E-state index contributed by atoms with van der Waals surface area (Å²) in [5, 5.41) is 11.5. The highest BCUT2D eigenvalue weighted by Crippen LogP contribution is 2.20. The van der Waals surface area contributed by atoms with Crippen molar-refractivity contribution in [1.29, 1.82) is 0 Å². The minimum atomic E-state index is -0.250. The molecule has 3 amide bonds. The third-order valence-corrected chi connectivity index (χ3v) is 4.29.